The predicted molar refractivity (Wildman–Crippen MR) is 148 cm³/mol. The lowest BCUT2D eigenvalue weighted by molar-refractivity contribution is -0.113. The van der Waals surface area contributed by atoms with Crippen molar-refractivity contribution in [2.24, 2.45) is 22.1 Å². The Morgan fingerprint density at radius 1 is 1.21 bits per heavy atom. The zero-order chi connectivity index (χ0) is 27.3. The number of nitrogens with zero attached hydrogens (tertiary/aromatic N) is 5. The molecule has 1 spiro atoms. The Morgan fingerprint density at radius 2 is 1.95 bits per heavy atom. The van der Waals surface area contributed by atoms with Crippen molar-refractivity contribution in [3.05, 3.63) is 66.2 Å². The van der Waals surface area contributed by atoms with E-state index in [9.17, 15) is 9.59 Å². The normalized spacial score (nSPS) is 20.4. The zero-order valence-corrected chi connectivity index (χ0v) is 22.1. The minimum absolute atomic E-state index is 0.188. The van der Waals surface area contributed by atoms with Crippen molar-refractivity contribution >= 4 is 34.6 Å². The quantitative estimate of drug-likeness (QED) is 0.458. The summed E-state index contributed by atoms with van der Waals surface area (Å²) >= 11 is 0. The molecule has 2 aromatic carbocycles. The van der Waals surface area contributed by atoms with E-state index in [1.165, 1.54) is 0 Å². The molecule has 1 saturated heterocycles. The number of ether oxygens (including phenoxy) is 1. The molecule has 39 heavy (non-hydrogen) atoms. The van der Waals surface area contributed by atoms with Gasteiger partial charge < -0.3 is 24.8 Å². The zero-order valence-electron chi connectivity index (χ0n) is 22.1. The minimum Gasteiger partial charge on any atom is -0.493 e. The molecule has 2 aliphatic heterocycles. The van der Waals surface area contributed by atoms with Gasteiger partial charge in [0.1, 0.15) is 23.0 Å². The number of nitrogens with two attached hydrogens (primary N) is 1. The number of amides is 2. The van der Waals surface area contributed by atoms with Crippen LogP contribution in [0.3, 0.4) is 0 Å². The Morgan fingerprint density at radius 3 is 2.64 bits per heavy atom. The van der Waals surface area contributed by atoms with Crippen LogP contribution in [0.2, 0.25) is 0 Å². The maximum atomic E-state index is 14.0. The molecule has 10 nitrogen and oxygen atoms in total. The fourth-order valence-corrected chi connectivity index (χ4v) is 5.69. The number of anilines is 1. The number of rotatable bonds is 7. The monoisotopic (exact) mass is 525 g/mol. The number of imidazole rings is 1. The second-order valence-corrected chi connectivity index (χ2v) is 10.8. The molecule has 3 heterocycles. The van der Waals surface area contributed by atoms with Gasteiger partial charge in [-0.25, -0.2) is 9.98 Å². The maximum Gasteiger partial charge on any atom is 0.273 e. The molecule has 6 rings (SSSR count). The van der Waals surface area contributed by atoms with Gasteiger partial charge in [-0.05, 0) is 75.0 Å². The first kappa shape index (κ1) is 25.0. The van der Waals surface area contributed by atoms with Gasteiger partial charge in [0, 0.05) is 42.1 Å². The van der Waals surface area contributed by atoms with Crippen LogP contribution in [-0.2, 0) is 22.6 Å². The van der Waals surface area contributed by atoms with E-state index in [2.05, 4.69) is 9.88 Å². The molecule has 2 fully saturated rings. The third kappa shape index (κ3) is 4.50. The van der Waals surface area contributed by atoms with Gasteiger partial charge in [-0.3, -0.25) is 15.0 Å². The summed E-state index contributed by atoms with van der Waals surface area (Å²) in [6.45, 7) is 1.72. The number of fused-ring (bicyclic) bond motifs is 1. The van der Waals surface area contributed by atoms with Crippen LogP contribution in [0.4, 0.5) is 11.4 Å². The number of hydrogen-bond donors (Lipinski definition) is 2. The van der Waals surface area contributed by atoms with Crippen LogP contribution in [0.1, 0.15) is 24.2 Å². The molecule has 2 amide bonds. The third-order valence-corrected chi connectivity index (χ3v) is 7.81. The standard InChI is InChI=1S/C29H31N7O3/c1-34(2)16-23-32-12-13-35(23)20-4-6-21(7-5-20)36-17-29(10-11-29)24(25(30)27(31)37)26(28(36)38)33-19-3-8-22-18(15-19)9-14-39-22/h3-8,12-13,15,24,30H,9-11,14,16-17H2,1-2H3,(H2,31,37). The molecule has 3 aromatic rings. The van der Waals surface area contributed by atoms with Gasteiger partial charge in [0.25, 0.3) is 11.8 Å². The van der Waals surface area contributed by atoms with Crippen LogP contribution in [-0.4, -0.2) is 64.9 Å². The van der Waals surface area contributed by atoms with Gasteiger partial charge in [0.2, 0.25) is 0 Å². The van der Waals surface area contributed by atoms with Gasteiger partial charge in [-0.2, -0.15) is 0 Å². The number of aromatic nitrogens is 2. The van der Waals surface area contributed by atoms with E-state index < -0.39 is 17.2 Å². The van der Waals surface area contributed by atoms with Crippen molar-refractivity contribution in [3.63, 3.8) is 0 Å². The van der Waals surface area contributed by atoms with Crippen LogP contribution in [0, 0.1) is 16.7 Å². The lowest BCUT2D eigenvalue weighted by Gasteiger charge is -2.39. The van der Waals surface area contributed by atoms with E-state index in [0.717, 1.165) is 47.8 Å². The number of benzene rings is 2. The fourth-order valence-electron chi connectivity index (χ4n) is 5.69. The second kappa shape index (κ2) is 9.46. The van der Waals surface area contributed by atoms with Gasteiger partial charge in [-0.1, -0.05) is 0 Å². The molecular weight excluding hydrogens is 494 g/mol. The summed E-state index contributed by atoms with van der Waals surface area (Å²) in [6.07, 6.45) is 6.05. The number of carbonyl (C=O) groups excluding carboxylic acids is 2. The number of hydrogen-bond acceptors (Lipinski definition) is 7. The van der Waals surface area contributed by atoms with Crippen molar-refractivity contribution in [2.45, 2.75) is 25.8 Å². The summed E-state index contributed by atoms with van der Waals surface area (Å²) in [5, 5.41) is 8.53. The molecule has 1 atom stereocenters. The first-order valence-corrected chi connectivity index (χ1v) is 13.1. The lowest BCUT2D eigenvalue weighted by atomic mass is 9.76. The van der Waals surface area contributed by atoms with E-state index in [0.29, 0.717) is 25.4 Å². The van der Waals surface area contributed by atoms with Crippen LogP contribution in [0.5, 0.6) is 5.75 Å². The fraction of sp³-hybridized carbons (Fsp3) is 0.345. The van der Waals surface area contributed by atoms with Crippen molar-refractivity contribution in [2.75, 3.05) is 32.1 Å². The summed E-state index contributed by atoms with van der Waals surface area (Å²) in [5.74, 6) is -0.130. The van der Waals surface area contributed by atoms with Crippen molar-refractivity contribution in [1.29, 1.82) is 5.41 Å². The Kier molecular flexibility index (Phi) is 6.06. The third-order valence-electron chi connectivity index (χ3n) is 7.81. The van der Waals surface area contributed by atoms with E-state index in [1.807, 2.05) is 61.3 Å². The number of nitrogens with one attached hydrogen (secondary N) is 1. The van der Waals surface area contributed by atoms with E-state index >= 15 is 0 Å². The molecule has 3 aliphatic rings. The number of primary amides is 1. The second-order valence-electron chi connectivity index (χ2n) is 10.8. The van der Waals surface area contributed by atoms with Crippen molar-refractivity contribution in [3.8, 4) is 11.4 Å². The first-order valence-electron chi connectivity index (χ1n) is 13.1. The maximum absolute atomic E-state index is 14.0. The first-order chi connectivity index (χ1) is 18.8. The summed E-state index contributed by atoms with van der Waals surface area (Å²) < 4.78 is 7.64. The van der Waals surface area contributed by atoms with Crippen LogP contribution in [0.25, 0.3) is 5.69 Å². The molecule has 1 aliphatic carbocycles. The molecule has 1 aromatic heterocycles. The van der Waals surface area contributed by atoms with Gasteiger partial charge in [0.15, 0.2) is 0 Å². The van der Waals surface area contributed by atoms with Crippen LogP contribution < -0.4 is 15.4 Å². The minimum atomic E-state index is -0.819. The Labute approximate surface area is 226 Å². The molecule has 1 saturated carbocycles. The van der Waals surface area contributed by atoms with Gasteiger partial charge >= 0.3 is 0 Å². The molecular formula is C29H31N7O3. The molecule has 3 N–H and O–H groups in total. The molecule has 0 radical (unpaired) electrons. The highest BCUT2D eigenvalue weighted by Crippen LogP contribution is 2.56. The average Bonchev–Trinajstić information content (AvgIpc) is 3.29. The summed E-state index contributed by atoms with van der Waals surface area (Å²) in [6, 6.07) is 13.4. The van der Waals surface area contributed by atoms with Crippen molar-refractivity contribution < 1.29 is 14.3 Å². The summed E-state index contributed by atoms with van der Waals surface area (Å²) in [7, 11) is 4.00. The Hall–Kier alpha value is -4.31. The molecule has 0 bridgehead atoms. The number of carbonyl (C=O) groups is 2. The number of aliphatic imine (C=N–C) groups is 1. The molecule has 10 heteroatoms. The van der Waals surface area contributed by atoms with E-state index in [4.69, 9.17) is 20.9 Å². The summed E-state index contributed by atoms with van der Waals surface area (Å²) in [5.41, 5.74) is 8.39. The van der Waals surface area contributed by atoms with Crippen molar-refractivity contribution in [1.82, 2.24) is 14.5 Å². The van der Waals surface area contributed by atoms with Gasteiger partial charge in [-0.15, -0.1) is 0 Å². The Bertz CT molecular complexity index is 1500. The SMILES string of the molecule is CN(C)Cc1nccn1-c1ccc(N2CC3(CC3)C(C(=N)C(N)=O)C(=Nc3ccc4c(c3)CCO4)C2=O)cc1. The highest BCUT2D eigenvalue weighted by atomic mass is 16.5. The predicted octanol–water partition coefficient (Wildman–Crippen LogP) is 2.89. The lowest BCUT2D eigenvalue weighted by Crippen LogP contribution is -2.56. The molecule has 200 valence electrons. The highest BCUT2D eigenvalue weighted by molar-refractivity contribution is 6.54. The largest absolute Gasteiger partial charge is 0.493 e. The average molecular weight is 526 g/mol. The number of piperidine rings is 1. The molecule has 1 unspecified atom stereocenters. The highest BCUT2D eigenvalue weighted by Gasteiger charge is 2.60. The van der Waals surface area contributed by atoms with Crippen LogP contribution in [0.15, 0.2) is 59.9 Å². The Balaban J connectivity index is 1.36. The topological polar surface area (TPSA) is 130 Å². The van der Waals surface area contributed by atoms with Gasteiger partial charge in [0.05, 0.1) is 24.8 Å². The van der Waals surface area contributed by atoms with E-state index in [-0.39, 0.29) is 17.3 Å². The summed E-state index contributed by atoms with van der Waals surface area (Å²) in [4.78, 5) is 39.2. The van der Waals surface area contributed by atoms with E-state index in [1.54, 1.807) is 17.2 Å². The smallest absolute Gasteiger partial charge is 0.273 e. The van der Waals surface area contributed by atoms with Crippen LogP contribution >= 0.6 is 0 Å².